The standard InChI is InChI=1S/C4H7INO2/c1-2-3(5)6-4(7)8/h3,6H,1-2H2,(H,7,8). The van der Waals surface area contributed by atoms with Gasteiger partial charge < -0.3 is 10.4 Å². The summed E-state index contributed by atoms with van der Waals surface area (Å²) in [6.45, 7) is 3.51. The lowest BCUT2D eigenvalue weighted by Gasteiger charge is -2.03. The van der Waals surface area contributed by atoms with Crippen LogP contribution in [-0.2, 0) is 0 Å². The van der Waals surface area contributed by atoms with Crippen molar-refractivity contribution in [3.63, 3.8) is 0 Å². The van der Waals surface area contributed by atoms with Gasteiger partial charge in [0.05, 0.1) is 4.05 Å². The van der Waals surface area contributed by atoms with Crippen molar-refractivity contribution < 1.29 is 9.90 Å². The quantitative estimate of drug-likeness (QED) is 0.424. The van der Waals surface area contributed by atoms with Gasteiger partial charge in [0.15, 0.2) is 0 Å². The molecule has 8 heavy (non-hydrogen) atoms. The number of carboxylic acid groups (broad SMARTS) is 1. The zero-order valence-electron chi connectivity index (χ0n) is 4.22. The van der Waals surface area contributed by atoms with Gasteiger partial charge in [-0.25, -0.2) is 4.79 Å². The summed E-state index contributed by atoms with van der Waals surface area (Å²) in [5.74, 6) is 0. The maximum absolute atomic E-state index is 9.82. The first-order chi connectivity index (χ1) is 3.66. The lowest BCUT2D eigenvalue weighted by molar-refractivity contribution is 0.194. The minimum atomic E-state index is -0.993. The molecular weight excluding hydrogens is 221 g/mol. The topological polar surface area (TPSA) is 49.3 Å². The Hall–Kier alpha value is 0. The van der Waals surface area contributed by atoms with Crippen molar-refractivity contribution >= 4 is 28.7 Å². The van der Waals surface area contributed by atoms with Crippen LogP contribution in [0.4, 0.5) is 4.79 Å². The molecule has 0 aromatic rings. The Kier molecular flexibility index (Phi) is 3.94. The Morgan fingerprint density at radius 2 is 2.50 bits per heavy atom. The number of amides is 1. The van der Waals surface area contributed by atoms with E-state index in [4.69, 9.17) is 5.11 Å². The molecule has 0 spiro atoms. The zero-order chi connectivity index (χ0) is 6.57. The number of alkyl halides is 1. The third kappa shape index (κ3) is 4.17. The van der Waals surface area contributed by atoms with Crippen molar-refractivity contribution in [2.45, 2.75) is 10.5 Å². The summed E-state index contributed by atoms with van der Waals surface area (Å²) >= 11 is 1.97. The number of carbonyl (C=O) groups is 1. The first-order valence-corrected chi connectivity index (χ1v) is 3.34. The molecule has 4 heteroatoms. The van der Waals surface area contributed by atoms with Crippen LogP contribution in [0.5, 0.6) is 0 Å². The van der Waals surface area contributed by atoms with Crippen LogP contribution in [0.25, 0.3) is 0 Å². The van der Waals surface area contributed by atoms with Crippen LogP contribution < -0.4 is 5.32 Å². The van der Waals surface area contributed by atoms with Crippen LogP contribution in [0.1, 0.15) is 6.42 Å². The zero-order valence-corrected chi connectivity index (χ0v) is 6.38. The fraction of sp³-hybridized carbons (Fsp3) is 0.500. The summed E-state index contributed by atoms with van der Waals surface area (Å²) in [6.07, 6.45) is -0.416. The maximum atomic E-state index is 9.82. The second-order valence-corrected chi connectivity index (χ2v) is 2.71. The Morgan fingerprint density at radius 1 is 2.00 bits per heavy atom. The highest BCUT2D eigenvalue weighted by Gasteiger charge is 2.01. The predicted molar refractivity (Wildman–Crippen MR) is 38.9 cm³/mol. The average molecular weight is 228 g/mol. The van der Waals surface area contributed by atoms with E-state index in [1.165, 1.54) is 0 Å². The summed E-state index contributed by atoms with van der Waals surface area (Å²) in [4.78, 5) is 9.82. The van der Waals surface area contributed by atoms with Gasteiger partial charge in [-0.2, -0.15) is 0 Å². The van der Waals surface area contributed by atoms with E-state index in [0.717, 1.165) is 0 Å². The van der Waals surface area contributed by atoms with Crippen LogP contribution in [0.15, 0.2) is 0 Å². The molecule has 1 unspecified atom stereocenters. The van der Waals surface area contributed by atoms with Gasteiger partial charge in [-0.3, -0.25) is 0 Å². The van der Waals surface area contributed by atoms with Crippen LogP contribution in [0.2, 0.25) is 0 Å². The van der Waals surface area contributed by atoms with Crippen molar-refractivity contribution in [2.24, 2.45) is 0 Å². The summed E-state index contributed by atoms with van der Waals surface area (Å²) in [5, 5.41) is 10.3. The number of halogens is 1. The van der Waals surface area contributed by atoms with Gasteiger partial charge in [-0.05, 0) is 6.42 Å². The number of nitrogens with one attached hydrogen (secondary N) is 1. The Bertz CT molecular complexity index is 86.1. The second kappa shape index (κ2) is 3.94. The van der Waals surface area contributed by atoms with Crippen LogP contribution in [0, 0.1) is 6.92 Å². The Balaban J connectivity index is 3.24. The van der Waals surface area contributed by atoms with Gasteiger partial charge >= 0.3 is 6.09 Å². The molecule has 0 aromatic carbocycles. The fourth-order valence-electron chi connectivity index (χ4n) is 0.206. The van der Waals surface area contributed by atoms with Gasteiger partial charge in [0.25, 0.3) is 0 Å². The number of hydrogen-bond donors (Lipinski definition) is 2. The normalized spacial score (nSPS) is 12.8. The van der Waals surface area contributed by atoms with Crippen molar-refractivity contribution in [3.05, 3.63) is 6.92 Å². The van der Waals surface area contributed by atoms with E-state index in [1.807, 2.05) is 22.6 Å². The molecule has 1 amide bonds. The fourth-order valence-corrected chi connectivity index (χ4v) is 0.473. The summed E-state index contributed by atoms with van der Waals surface area (Å²) in [6, 6.07) is 0. The molecular formula is C4H7INO2. The minimum Gasteiger partial charge on any atom is -0.465 e. The highest BCUT2D eigenvalue weighted by molar-refractivity contribution is 14.1. The summed E-state index contributed by atoms with van der Waals surface area (Å²) in [7, 11) is 0. The van der Waals surface area contributed by atoms with Crippen LogP contribution in [0.3, 0.4) is 0 Å². The first kappa shape index (κ1) is 8.00. The summed E-state index contributed by atoms with van der Waals surface area (Å²) < 4.78 is -0.0647. The van der Waals surface area contributed by atoms with Crippen molar-refractivity contribution in [1.82, 2.24) is 5.32 Å². The molecule has 0 bridgehead atoms. The molecule has 0 aliphatic heterocycles. The van der Waals surface area contributed by atoms with Crippen LogP contribution in [-0.4, -0.2) is 15.2 Å². The highest BCUT2D eigenvalue weighted by atomic mass is 127. The molecule has 47 valence electrons. The second-order valence-electron chi connectivity index (χ2n) is 1.21. The average Bonchev–Trinajstić information content (AvgIpc) is 1.65. The molecule has 3 nitrogen and oxygen atoms in total. The molecule has 0 heterocycles. The molecule has 2 N–H and O–H groups in total. The largest absolute Gasteiger partial charge is 0.465 e. The summed E-state index contributed by atoms with van der Waals surface area (Å²) in [5.41, 5.74) is 0. The van der Waals surface area contributed by atoms with Crippen molar-refractivity contribution in [3.8, 4) is 0 Å². The van der Waals surface area contributed by atoms with Gasteiger partial charge in [-0.1, -0.05) is 29.5 Å². The van der Waals surface area contributed by atoms with Crippen LogP contribution >= 0.6 is 22.6 Å². The molecule has 1 atom stereocenters. The van der Waals surface area contributed by atoms with Gasteiger partial charge in [0, 0.05) is 0 Å². The van der Waals surface area contributed by atoms with E-state index in [9.17, 15) is 4.79 Å². The van der Waals surface area contributed by atoms with Crippen molar-refractivity contribution in [2.75, 3.05) is 0 Å². The smallest absolute Gasteiger partial charge is 0.405 e. The number of hydrogen-bond acceptors (Lipinski definition) is 1. The monoisotopic (exact) mass is 228 g/mol. The maximum Gasteiger partial charge on any atom is 0.405 e. The van der Waals surface area contributed by atoms with E-state index in [0.29, 0.717) is 6.42 Å². The predicted octanol–water partition coefficient (Wildman–Crippen LogP) is 1.24. The van der Waals surface area contributed by atoms with E-state index in [2.05, 4.69) is 12.2 Å². The van der Waals surface area contributed by atoms with E-state index < -0.39 is 6.09 Å². The molecule has 1 radical (unpaired) electrons. The Labute approximate surface area is 61.6 Å². The molecule has 0 aliphatic carbocycles. The Morgan fingerprint density at radius 3 is 2.62 bits per heavy atom. The van der Waals surface area contributed by atoms with E-state index in [-0.39, 0.29) is 4.05 Å². The third-order valence-electron chi connectivity index (χ3n) is 0.534. The molecule has 0 saturated carbocycles. The molecule has 0 saturated heterocycles. The van der Waals surface area contributed by atoms with Gasteiger partial charge in [0.2, 0.25) is 0 Å². The lowest BCUT2D eigenvalue weighted by Crippen LogP contribution is -2.27. The van der Waals surface area contributed by atoms with Gasteiger partial charge in [-0.15, -0.1) is 0 Å². The molecule has 0 fully saturated rings. The molecule has 0 aliphatic rings. The van der Waals surface area contributed by atoms with Crippen molar-refractivity contribution in [1.29, 1.82) is 0 Å². The highest BCUT2D eigenvalue weighted by Crippen LogP contribution is 1.98. The minimum absolute atomic E-state index is 0.0647. The molecule has 0 aromatic heterocycles. The first-order valence-electron chi connectivity index (χ1n) is 2.09. The van der Waals surface area contributed by atoms with E-state index >= 15 is 0 Å². The molecule has 0 rings (SSSR count). The lowest BCUT2D eigenvalue weighted by atomic mass is 10.5. The third-order valence-corrected chi connectivity index (χ3v) is 1.47. The SMILES string of the molecule is [CH2]CC(I)NC(=O)O. The van der Waals surface area contributed by atoms with E-state index in [1.54, 1.807) is 0 Å². The van der Waals surface area contributed by atoms with Gasteiger partial charge in [0.1, 0.15) is 0 Å². The number of rotatable bonds is 2.